The van der Waals surface area contributed by atoms with E-state index in [1.165, 1.54) is 11.7 Å². The van der Waals surface area contributed by atoms with Crippen molar-refractivity contribution in [2.75, 3.05) is 5.32 Å². The number of hydrogen-bond donors (Lipinski definition) is 2. The van der Waals surface area contributed by atoms with Gasteiger partial charge in [-0.2, -0.15) is 8.75 Å². The topological polar surface area (TPSA) is 75.1 Å². The minimum atomic E-state index is -0.0676. The summed E-state index contributed by atoms with van der Waals surface area (Å²) in [6.07, 6.45) is 0.369. The molecule has 0 bridgehead atoms. The van der Waals surface area contributed by atoms with E-state index < -0.39 is 0 Å². The Morgan fingerprint density at radius 2 is 1.95 bits per heavy atom. The van der Waals surface area contributed by atoms with Crippen LogP contribution in [0.4, 0.5) is 5.69 Å². The lowest BCUT2D eigenvalue weighted by Crippen LogP contribution is -2.23. The van der Waals surface area contributed by atoms with Gasteiger partial charge in [-0.3, -0.25) is 4.79 Å². The van der Waals surface area contributed by atoms with Crippen LogP contribution < -0.4 is 5.32 Å². The molecule has 1 unspecified atom stereocenters. The highest BCUT2D eigenvalue weighted by atomic mass is 32.1. The number of rotatable bonds is 1. The Labute approximate surface area is 124 Å². The number of nitrogens with zero attached hydrogens (tertiary/aromatic N) is 2. The second-order valence-corrected chi connectivity index (χ2v) is 5.58. The van der Waals surface area contributed by atoms with Gasteiger partial charge < -0.3 is 10.4 Å². The summed E-state index contributed by atoms with van der Waals surface area (Å²) in [5.74, 6) is 0.137. The molecule has 0 aliphatic carbocycles. The summed E-state index contributed by atoms with van der Waals surface area (Å²) in [7, 11) is 0. The quantitative estimate of drug-likeness (QED) is 0.724. The molecule has 104 valence electrons. The Bertz CT molecular complexity index is 842. The predicted molar refractivity (Wildman–Crippen MR) is 80.6 cm³/mol. The van der Waals surface area contributed by atoms with Crippen LogP contribution in [-0.2, 0) is 4.79 Å². The number of nitrogens with one attached hydrogen (secondary N) is 1. The van der Waals surface area contributed by atoms with Gasteiger partial charge in [0.15, 0.2) is 0 Å². The molecular weight excluding hydrogens is 286 g/mol. The molecule has 6 heteroatoms. The molecule has 21 heavy (non-hydrogen) atoms. The third kappa shape index (κ3) is 1.95. The van der Waals surface area contributed by atoms with Crippen molar-refractivity contribution in [1.29, 1.82) is 0 Å². The summed E-state index contributed by atoms with van der Waals surface area (Å²) in [6, 6.07) is 10.7. The van der Waals surface area contributed by atoms with E-state index in [1.807, 2.05) is 24.3 Å². The van der Waals surface area contributed by atoms with E-state index in [0.29, 0.717) is 6.42 Å². The zero-order valence-corrected chi connectivity index (χ0v) is 11.7. The normalized spacial score (nSPS) is 17.5. The van der Waals surface area contributed by atoms with Gasteiger partial charge in [-0.05, 0) is 29.8 Å². The lowest BCUT2D eigenvalue weighted by atomic mass is 9.84. The predicted octanol–water partition coefficient (Wildman–Crippen LogP) is 2.87. The molecule has 5 nitrogen and oxygen atoms in total. The number of fused-ring (bicyclic) bond motifs is 3. The lowest BCUT2D eigenvalue weighted by molar-refractivity contribution is -0.116. The maximum absolute atomic E-state index is 12.0. The van der Waals surface area contributed by atoms with E-state index in [1.54, 1.807) is 12.1 Å². The van der Waals surface area contributed by atoms with Crippen LogP contribution in [0.2, 0.25) is 0 Å². The third-order valence-electron chi connectivity index (χ3n) is 3.77. The van der Waals surface area contributed by atoms with Crippen LogP contribution >= 0.6 is 11.7 Å². The number of hydrogen-bond acceptors (Lipinski definition) is 5. The average Bonchev–Trinajstić information content (AvgIpc) is 2.95. The number of anilines is 1. The molecule has 0 spiro atoms. The first-order valence-electron chi connectivity index (χ1n) is 6.56. The molecule has 1 atom stereocenters. The first-order chi connectivity index (χ1) is 10.2. The van der Waals surface area contributed by atoms with Crippen molar-refractivity contribution in [3.05, 3.63) is 47.5 Å². The Kier molecular flexibility index (Phi) is 2.65. The Morgan fingerprint density at radius 3 is 2.76 bits per heavy atom. The number of phenolic OH excluding ortho intramolecular Hbond substituents is 1. The van der Waals surface area contributed by atoms with Crippen molar-refractivity contribution >= 4 is 34.4 Å². The molecule has 2 N–H and O–H groups in total. The fraction of sp³-hybridized carbons (Fsp3) is 0.133. The standard InChI is InChI=1S/C15H11N3O2S/c19-9-3-1-8(2-4-9)10-7-13(20)16-11-5-6-12-15(14(10)11)18-21-17-12/h1-6,10,19H,7H2,(H,16,20). The molecule has 2 aromatic carbocycles. The van der Waals surface area contributed by atoms with Crippen LogP contribution in [-0.4, -0.2) is 19.8 Å². The van der Waals surface area contributed by atoms with Crippen LogP contribution in [0, 0.1) is 0 Å². The largest absolute Gasteiger partial charge is 0.508 e. The summed E-state index contributed by atoms with van der Waals surface area (Å²) in [5.41, 5.74) is 4.48. The van der Waals surface area contributed by atoms with Gasteiger partial charge in [-0.15, -0.1) is 0 Å². The fourth-order valence-corrected chi connectivity index (χ4v) is 3.36. The maximum atomic E-state index is 12.0. The Balaban J connectivity index is 1.95. The van der Waals surface area contributed by atoms with Crippen molar-refractivity contribution in [3.8, 4) is 5.75 Å². The highest BCUT2D eigenvalue weighted by molar-refractivity contribution is 7.00. The fourth-order valence-electron chi connectivity index (χ4n) is 2.81. The van der Waals surface area contributed by atoms with Crippen LogP contribution in [0.25, 0.3) is 11.0 Å². The van der Waals surface area contributed by atoms with Crippen molar-refractivity contribution in [2.45, 2.75) is 12.3 Å². The second kappa shape index (κ2) is 4.53. The summed E-state index contributed by atoms with van der Waals surface area (Å²) in [6.45, 7) is 0. The minimum Gasteiger partial charge on any atom is -0.508 e. The summed E-state index contributed by atoms with van der Waals surface area (Å²) >= 11 is 1.17. The maximum Gasteiger partial charge on any atom is 0.225 e. The van der Waals surface area contributed by atoms with Crippen molar-refractivity contribution in [3.63, 3.8) is 0 Å². The molecule has 0 saturated heterocycles. The molecule has 3 aromatic rings. The van der Waals surface area contributed by atoms with E-state index >= 15 is 0 Å². The van der Waals surface area contributed by atoms with Crippen molar-refractivity contribution in [2.24, 2.45) is 0 Å². The summed E-state index contributed by atoms with van der Waals surface area (Å²) in [5, 5.41) is 12.3. The van der Waals surface area contributed by atoms with Crippen molar-refractivity contribution in [1.82, 2.24) is 8.75 Å². The monoisotopic (exact) mass is 297 g/mol. The van der Waals surface area contributed by atoms with E-state index in [2.05, 4.69) is 14.1 Å². The number of carbonyl (C=O) groups is 1. The van der Waals surface area contributed by atoms with Gasteiger partial charge in [0.25, 0.3) is 0 Å². The van der Waals surface area contributed by atoms with Crippen LogP contribution in [0.5, 0.6) is 5.75 Å². The number of aromatic nitrogens is 2. The van der Waals surface area contributed by atoms with Crippen molar-refractivity contribution < 1.29 is 9.90 Å². The average molecular weight is 297 g/mol. The highest BCUT2D eigenvalue weighted by Gasteiger charge is 2.29. The van der Waals surface area contributed by atoms with Gasteiger partial charge in [0, 0.05) is 23.6 Å². The molecule has 1 aliphatic heterocycles. The summed E-state index contributed by atoms with van der Waals surface area (Å²) in [4.78, 5) is 12.0. The van der Waals surface area contributed by atoms with E-state index in [4.69, 9.17) is 0 Å². The zero-order valence-electron chi connectivity index (χ0n) is 10.9. The number of carbonyl (C=O) groups excluding carboxylic acids is 1. The molecule has 1 aromatic heterocycles. The Morgan fingerprint density at radius 1 is 1.14 bits per heavy atom. The van der Waals surface area contributed by atoms with Crippen LogP contribution in [0.15, 0.2) is 36.4 Å². The molecule has 1 aliphatic rings. The molecule has 0 saturated carbocycles. The first kappa shape index (κ1) is 12.3. The van der Waals surface area contributed by atoms with Crippen LogP contribution in [0.1, 0.15) is 23.5 Å². The zero-order chi connectivity index (χ0) is 14.4. The molecule has 1 amide bonds. The molecular formula is C15H11N3O2S. The number of phenols is 1. The SMILES string of the molecule is O=C1CC(c2ccc(O)cc2)c2c(ccc3nsnc23)N1. The van der Waals surface area contributed by atoms with E-state index in [-0.39, 0.29) is 17.6 Å². The van der Waals surface area contributed by atoms with Gasteiger partial charge in [0.2, 0.25) is 5.91 Å². The van der Waals surface area contributed by atoms with Gasteiger partial charge in [-0.1, -0.05) is 12.1 Å². The molecule has 4 rings (SSSR count). The molecule has 0 radical (unpaired) electrons. The number of benzene rings is 2. The smallest absolute Gasteiger partial charge is 0.225 e. The number of aromatic hydroxyl groups is 1. The van der Waals surface area contributed by atoms with E-state index in [0.717, 1.165) is 27.8 Å². The third-order valence-corrected chi connectivity index (χ3v) is 4.32. The highest BCUT2D eigenvalue weighted by Crippen LogP contribution is 2.41. The van der Waals surface area contributed by atoms with E-state index in [9.17, 15) is 9.90 Å². The Hall–Kier alpha value is -2.47. The summed E-state index contributed by atoms with van der Waals surface area (Å²) < 4.78 is 8.65. The van der Waals surface area contributed by atoms with Gasteiger partial charge in [0.1, 0.15) is 16.8 Å². The first-order valence-corrected chi connectivity index (χ1v) is 7.29. The lowest BCUT2D eigenvalue weighted by Gasteiger charge is -2.26. The molecule has 2 heterocycles. The van der Waals surface area contributed by atoms with Gasteiger partial charge in [0.05, 0.1) is 11.7 Å². The second-order valence-electron chi connectivity index (χ2n) is 5.06. The molecule has 0 fully saturated rings. The minimum absolute atomic E-state index is 0.0110. The number of amides is 1. The van der Waals surface area contributed by atoms with Crippen LogP contribution in [0.3, 0.4) is 0 Å². The van der Waals surface area contributed by atoms with Gasteiger partial charge in [-0.25, -0.2) is 0 Å². The van der Waals surface area contributed by atoms with Gasteiger partial charge >= 0.3 is 0 Å².